The number of nitrogens with one attached hydrogen (secondary N) is 7. The van der Waals surface area contributed by atoms with E-state index in [0.717, 1.165) is 5.56 Å². The Balaban J connectivity index is 2.14. The van der Waals surface area contributed by atoms with Gasteiger partial charge in [-0.3, -0.25) is 38.6 Å². The van der Waals surface area contributed by atoms with Crippen molar-refractivity contribution in [1.82, 2.24) is 37.2 Å². The van der Waals surface area contributed by atoms with Crippen molar-refractivity contribution in [3.63, 3.8) is 0 Å². The molecule has 74 heavy (non-hydrogen) atoms. The number of amides is 7. The largest absolute Gasteiger partial charge is 0.508 e. The van der Waals surface area contributed by atoms with Crippen molar-refractivity contribution < 1.29 is 63.2 Å². The number of hydrogen-bond acceptors (Lipinski definition) is 12. The van der Waals surface area contributed by atoms with Gasteiger partial charge in [-0.05, 0) is 62.8 Å². The summed E-state index contributed by atoms with van der Waals surface area (Å²) in [5, 5.41) is 47.6. The van der Waals surface area contributed by atoms with Gasteiger partial charge < -0.3 is 68.7 Å². The molecule has 7 amide bonds. The summed E-state index contributed by atoms with van der Waals surface area (Å²) in [6.45, 7) is 11.1. The Bertz CT molecular complexity index is 2420. The van der Waals surface area contributed by atoms with E-state index in [2.05, 4.69) is 48.8 Å². The molecule has 2 aromatic rings. The molecule has 1 aliphatic rings. The molecule has 14 N–H and O–H groups in total. The van der Waals surface area contributed by atoms with Gasteiger partial charge in [0.1, 0.15) is 36.0 Å². The molecule has 23 nitrogen and oxygen atoms in total. The number of aromatic hydroxyl groups is 1. The van der Waals surface area contributed by atoms with Crippen molar-refractivity contribution in [3.8, 4) is 5.75 Å². The molecule has 0 spiro atoms. The molecule has 1 saturated heterocycles. The van der Waals surface area contributed by atoms with E-state index in [1.807, 2.05) is 43.3 Å². The third kappa shape index (κ3) is 19.8. The van der Waals surface area contributed by atoms with E-state index in [0.29, 0.717) is 17.6 Å². The fraction of sp³-hybridized carbons (Fsp3) is 0.451. The van der Waals surface area contributed by atoms with Crippen LogP contribution in [0.1, 0.15) is 71.4 Å². The number of benzene rings is 2. The molecule has 0 saturated carbocycles. The SMILES string of the molecule is C=C1NC(=O)CCC(C(=O)O)NC(=O)C(C)C(C=CC(C)=CC(C)C(Cc2ccccc2)OC)NC(=O)C(Cc2ccc(O)cc2)NC(=O)C(C)C(C(=O)O)NC(=O)C(CCCN=C(N)N)NC(=O)C(C)NC1=O. The zero-order chi connectivity index (χ0) is 55.2. The zero-order valence-electron chi connectivity index (χ0n) is 42.4. The molecule has 23 heteroatoms. The van der Waals surface area contributed by atoms with E-state index in [1.165, 1.54) is 51.1 Å². The lowest BCUT2D eigenvalue weighted by atomic mass is 9.94. The predicted octanol–water partition coefficient (Wildman–Crippen LogP) is 0.178. The Kier molecular flexibility index (Phi) is 24.0. The Morgan fingerprint density at radius 1 is 0.797 bits per heavy atom. The number of methoxy groups -OCH3 is 1. The molecule has 3 rings (SSSR count). The molecular formula is C51H70N10O13. The summed E-state index contributed by atoms with van der Waals surface area (Å²) in [6, 6.07) is 6.18. The van der Waals surface area contributed by atoms with Crippen molar-refractivity contribution >= 4 is 59.2 Å². The summed E-state index contributed by atoms with van der Waals surface area (Å²) in [4.78, 5) is 125. The van der Waals surface area contributed by atoms with Crippen molar-refractivity contribution in [1.29, 1.82) is 0 Å². The highest BCUT2D eigenvalue weighted by atomic mass is 16.5. The maximum absolute atomic E-state index is 14.6. The highest BCUT2D eigenvalue weighted by molar-refractivity contribution is 6.00. The summed E-state index contributed by atoms with van der Waals surface area (Å²) in [5.74, 6) is -13.2. The minimum atomic E-state index is -1.96. The number of carboxylic acids is 2. The predicted molar refractivity (Wildman–Crippen MR) is 272 cm³/mol. The van der Waals surface area contributed by atoms with Crippen LogP contribution in [0.4, 0.5) is 0 Å². The van der Waals surface area contributed by atoms with Crippen molar-refractivity contribution in [3.05, 3.63) is 102 Å². The normalized spacial score (nSPS) is 24.5. The second-order valence-corrected chi connectivity index (χ2v) is 18.1. The maximum atomic E-state index is 14.6. The van der Waals surface area contributed by atoms with Crippen LogP contribution in [0.15, 0.2) is 95.7 Å². The summed E-state index contributed by atoms with van der Waals surface area (Å²) < 4.78 is 5.82. The van der Waals surface area contributed by atoms with E-state index in [1.54, 1.807) is 20.1 Å². The average molecular weight is 1030 g/mol. The smallest absolute Gasteiger partial charge is 0.327 e. The fourth-order valence-electron chi connectivity index (χ4n) is 7.66. The number of aliphatic carboxylic acids is 2. The number of hydrogen-bond donors (Lipinski definition) is 12. The van der Waals surface area contributed by atoms with Gasteiger partial charge in [-0.2, -0.15) is 0 Å². The van der Waals surface area contributed by atoms with Gasteiger partial charge >= 0.3 is 11.9 Å². The van der Waals surface area contributed by atoms with Crippen LogP contribution in [-0.4, -0.2) is 131 Å². The first kappa shape index (κ1) is 60.2. The molecule has 402 valence electrons. The van der Waals surface area contributed by atoms with Crippen molar-refractivity contribution in [2.45, 2.75) is 115 Å². The number of allylic oxidation sites excluding steroid dienone is 2. The summed E-state index contributed by atoms with van der Waals surface area (Å²) in [6.07, 6.45) is 4.13. The summed E-state index contributed by atoms with van der Waals surface area (Å²) >= 11 is 0. The van der Waals surface area contributed by atoms with Gasteiger partial charge in [-0.25, -0.2) is 9.59 Å². The Morgan fingerprint density at radius 3 is 2.03 bits per heavy atom. The van der Waals surface area contributed by atoms with Crippen LogP contribution in [-0.2, 0) is 60.7 Å². The molecule has 0 aliphatic carbocycles. The third-order valence-corrected chi connectivity index (χ3v) is 12.2. The van der Waals surface area contributed by atoms with Crippen LogP contribution in [0.3, 0.4) is 0 Å². The standard InChI is InChI=1S/C51H70N10O13/c1-27(24-28(2)40(74-7)26-33-12-9-8-10-13-33)15-20-36-29(3)43(64)59-38(49(70)71)21-22-41(63)55-31(5)45(66)56-32(6)46(67)58-37(14-11-23-54-51(52)53)47(68)61-42(50(72)73)30(4)44(65)60-39(48(69)57-36)25-34-16-18-35(62)19-17-34/h8-10,12-13,15-20,24,28-30,32,36-40,42,62H,5,11,14,21-23,25-26H2,1-4,6-7H3,(H,55,63)(H,56,66)(H,57,69)(H,58,67)(H,59,64)(H,60,65)(H,61,68)(H,70,71)(H,72,73)(H4,52,53,54). The highest BCUT2D eigenvalue weighted by Crippen LogP contribution is 2.19. The quantitative estimate of drug-likeness (QED) is 0.0372. The van der Waals surface area contributed by atoms with E-state index in [9.17, 15) is 58.5 Å². The molecular weight excluding hydrogens is 961 g/mol. The van der Waals surface area contributed by atoms with Gasteiger partial charge in [0.25, 0.3) is 5.91 Å². The first-order valence-corrected chi connectivity index (χ1v) is 23.9. The fourth-order valence-corrected chi connectivity index (χ4v) is 7.66. The number of carbonyl (C=O) groups excluding carboxylic acids is 7. The summed E-state index contributed by atoms with van der Waals surface area (Å²) in [5.41, 5.74) is 12.5. The van der Waals surface area contributed by atoms with Gasteiger partial charge in [-0.1, -0.05) is 93.6 Å². The van der Waals surface area contributed by atoms with Crippen LogP contribution in [0, 0.1) is 17.8 Å². The number of phenolic OH excluding ortho intramolecular Hbond substituents is 1. The average Bonchev–Trinajstić information content (AvgIpc) is 3.35. The molecule has 10 atom stereocenters. The van der Waals surface area contributed by atoms with Crippen LogP contribution < -0.4 is 48.7 Å². The van der Waals surface area contributed by atoms with E-state index < -0.39 is 120 Å². The van der Waals surface area contributed by atoms with Crippen molar-refractivity contribution in [2.24, 2.45) is 34.2 Å². The minimum absolute atomic E-state index is 0.00812. The van der Waals surface area contributed by atoms with Gasteiger partial charge in [-0.15, -0.1) is 0 Å². The number of nitrogens with zero attached hydrogens (tertiary/aromatic N) is 1. The lowest BCUT2D eigenvalue weighted by Crippen LogP contribution is -2.59. The first-order valence-electron chi connectivity index (χ1n) is 23.9. The number of guanidine groups is 1. The first-order chi connectivity index (χ1) is 34.9. The zero-order valence-corrected chi connectivity index (χ0v) is 42.4. The molecule has 1 heterocycles. The van der Waals surface area contributed by atoms with E-state index >= 15 is 0 Å². The number of ether oxygens (including phenoxy) is 1. The molecule has 0 bridgehead atoms. The van der Waals surface area contributed by atoms with Gasteiger partial charge in [0.15, 0.2) is 5.96 Å². The van der Waals surface area contributed by atoms with Gasteiger partial charge in [0.2, 0.25) is 35.4 Å². The molecule has 1 aliphatic heterocycles. The molecule has 2 aromatic carbocycles. The van der Waals surface area contributed by atoms with Crippen LogP contribution >= 0.6 is 0 Å². The number of rotatable bonds is 15. The minimum Gasteiger partial charge on any atom is -0.508 e. The van der Waals surface area contributed by atoms with Crippen molar-refractivity contribution in [2.75, 3.05) is 13.7 Å². The van der Waals surface area contributed by atoms with E-state index in [4.69, 9.17) is 16.2 Å². The van der Waals surface area contributed by atoms with E-state index in [-0.39, 0.29) is 49.5 Å². The third-order valence-electron chi connectivity index (χ3n) is 12.2. The number of phenols is 1. The highest BCUT2D eigenvalue weighted by Gasteiger charge is 2.37. The lowest BCUT2D eigenvalue weighted by molar-refractivity contribution is -0.146. The van der Waals surface area contributed by atoms with Crippen LogP contribution in [0.2, 0.25) is 0 Å². The van der Waals surface area contributed by atoms with Gasteiger partial charge in [0.05, 0.1) is 29.7 Å². The Morgan fingerprint density at radius 2 is 1.42 bits per heavy atom. The molecule has 10 unspecified atom stereocenters. The Hall–Kier alpha value is -8.08. The second kappa shape index (κ2) is 29.4. The molecule has 0 radical (unpaired) electrons. The second-order valence-electron chi connectivity index (χ2n) is 18.1. The van der Waals surface area contributed by atoms with Gasteiger partial charge in [0, 0.05) is 32.4 Å². The molecule has 0 aromatic heterocycles. The summed E-state index contributed by atoms with van der Waals surface area (Å²) in [7, 11) is 1.60. The maximum Gasteiger partial charge on any atom is 0.327 e. The monoisotopic (exact) mass is 1030 g/mol. The topological polar surface area (TPSA) is 372 Å². The lowest BCUT2D eigenvalue weighted by Gasteiger charge is -2.28. The number of nitrogens with two attached hydrogens (primary N) is 2. The molecule has 1 fully saturated rings. The Labute approximate surface area is 429 Å². The van der Waals surface area contributed by atoms with Crippen LogP contribution in [0.25, 0.3) is 0 Å². The number of carbonyl (C=O) groups is 9. The number of carboxylic acid groups (broad SMARTS) is 2. The number of aliphatic imine (C=N–C) groups is 1. The van der Waals surface area contributed by atoms with Crippen LogP contribution in [0.5, 0.6) is 5.75 Å².